The van der Waals surface area contributed by atoms with E-state index in [2.05, 4.69) is 0 Å². The summed E-state index contributed by atoms with van der Waals surface area (Å²) in [6.07, 6.45) is 0.623. The molecule has 0 bridgehead atoms. The molecule has 0 N–H and O–H groups in total. The molecule has 1 heterocycles. The van der Waals surface area contributed by atoms with Gasteiger partial charge in [-0.05, 0) is 18.6 Å². The Morgan fingerprint density at radius 1 is 1.22 bits per heavy atom. The number of nitrogens with zero attached hydrogens (tertiary/aromatic N) is 1. The van der Waals surface area contributed by atoms with Crippen LogP contribution in [-0.4, -0.2) is 32.0 Å². The van der Waals surface area contributed by atoms with E-state index in [9.17, 15) is 9.59 Å². The van der Waals surface area contributed by atoms with Crippen LogP contribution in [0.2, 0.25) is 10.0 Å². The molecule has 1 aliphatic heterocycles. The molecule has 0 fully saturated rings. The number of carbonyl (C=O) groups is 2. The highest BCUT2D eigenvalue weighted by Gasteiger charge is 2.38. The summed E-state index contributed by atoms with van der Waals surface area (Å²) in [6, 6.07) is 3.10. The number of anilines is 1. The van der Waals surface area contributed by atoms with Crippen molar-refractivity contribution in [2.24, 2.45) is 0 Å². The zero-order chi connectivity index (χ0) is 13.3. The third kappa shape index (κ3) is 2.11. The lowest BCUT2D eigenvalue weighted by molar-refractivity contribution is -0.114. The second-order valence-electron chi connectivity index (χ2n) is 3.89. The fraction of sp³-hybridized carbons (Fsp3) is 0.333. The minimum Gasteiger partial charge on any atom is -0.385 e. The third-order valence-electron chi connectivity index (χ3n) is 2.74. The summed E-state index contributed by atoms with van der Waals surface area (Å²) in [6.45, 7) is 0.886. The zero-order valence-electron chi connectivity index (χ0n) is 9.70. The van der Waals surface area contributed by atoms with Crippen LogP contribution in [0.4, 0.5) is 5.69 Å². The molecule has 1 amide bonds. The molecular formula is C12H11Cl2NO3. The highest BCUT2D eigenvalue weighted by Crippen LogP contribution is 2.39. The lowest BCUT2D eigenvalue weighted by Gasteiger charge is -2.17. The topological polar surface area (TPSA) is 46.6 Å². The van der Waals surface area contributed by atoms with Crippen molar-refractivity contribution in [2.75, 3.05) is 25.2 Å². The van der Waals surface area contributed by atoms with Crippen LogP contribution in [0.15, 0.2) is 12.1 Å². The van der Waals surface area contributed by atoms with Gasteiger partial charge in [-0.1, -0.05) is 23.2 Å². The van der Waals surface area contributed by atoms with E-state index in [4.69, 9.17) is 27.9 Å². The quantitative estimate of drug-likeness (QED) is 0.632. The van der Waals surface area contributed by atoms with Crippen LogP contribution >= 0.6 is 23.2 Å². The first kappa shape index (κ1) is 13.3. The smallest absolute Gasteiger partial charge is 0.299 e. The summed E-state index contributed by atoms with van der Waals surface area (Å²) >= 11 is 12.0. The summed E-state index contributed by atoms with van der Waals surface area (Å²) in [5.74, 6) is -1.19. The van der Waals surface area contributed by atoms with Crippen LogP contribution in [0.3, 0.4) is 0 Å². The molecule has 1 aromatic carbocycles. The number of hydrogen-bond acceptors (Lipinski definition) is 3. The van der Waals surface area contributed by atoms with Crippen LogP contribution in [0.1, 0.15) is 16.8 Å². The van der Waals surface area contributed by atoms with E-state index < -0.39 is 11.7 Å². The van der Waals surface area contributed by atoms with Crippen LogP contribution < -0.4 is 4.90 Å². The Morgan fingerprint density at radius 2 is 1.89 bits per heavy atom. The average molecular weight is 288 g/mol. The van der Waals surface area contributed by atoms with E-state index in [-0.39, 0.29) is 10.6 Å². The average Bonchev–Trinajstić information content (AvgIpc) is 2.60. The first-order valence-electron chi connectivity index (χ1n) is 5.41. The molecule has 0 aromatic heterocycles. The number of Topliss-reactive ketones (excluding diaryl/α,β-unsaturated/α-hetero) is 1. The van der Waals surface area contributed by atoms with E-state index in [0.29, 0.717) is 30.3 Å². The van der Waals surface area contributed by atoms with Gasteiger partial charge >= 0.3 is 0 Å². The normalized spacial score (nSPS) is 14.3. The maximum atomic E-state index is 11.9. The van der Waals surface area contributed by atoms with Crippen molar-refractivity contribution in [1.29, 1.82) is 0 Å². The molecule has 96 valence electrons. The van der Waals surface area contributed by atoms with Crippen molar-refractivity contribution in [1.82, 2.24) is 0 Å². The van der Waals surface area contributed by atoms with Gasteiger partial charge in [0.05, 0.1) is 21.3 Å². The van der Waals surface area contributed by atoms with Crippen LogP contribution in [0, 0.1) is 0 Å². The van der Waals surface area contributed by atoms with Crippen molar-refractivity contribution in [2.45, 2.75) is 6.42 Å². The molecule has 1 aliphatic rings. The summed E-state index contributed by atoms with van der Waals surface area (Å²) in [4.78, 5) is 25.1. The largest absolute Gasteiger partial charge is 0.385 e. The molecule has 0 atom stereocenters. The molecule has 6 heteroatoms. The van der Waals surface area contributed by atoms with Crippen molar-refractivity contribution < 1.29 is 14.3 Å². The van der Waals surface area contributed by atoms with E-state index in [1.54, 1.807) is 13.2 Å². The summed E-state index contributed by atoms with van der Waals surface area (Å²) in [5.41, 5.74) is 0.613. The van der Waals surface area contributed by atoms with Gasteiger partial charge < -0.3 is 9.64 Å². The Morgan fingerprint density at radius 3 is 2.56 bits per heavy atom. The molecule has 2 rings (SSSR count). The first-order chi connectivity index (χ1) is 8.57. The number of ketones is 1. The van der Waals surface area contributed by atoms with Crippen LogP contribution in [0.5, 0.6) is 0 Å². The first-order valence-corrected chi connectivity index (χ1v) is 6.16. The van der Waals surface area contributed by atoms with Gasteiger partial charge in [0, 0.05) is 20.3 Å². The Bertz CT molecular complexity index is 516. The Kier molecular flexibility index (Phi) is 3.90. The minimum atomic E-state index is -0.602. The van der Waals surface area contributed by atoms with Crippen molar-refractivity contribution in [3.63, 3.8) is 0 Å². The van der Waals surface area contributed by atoms with E-state index in [1.165, 1.54) is 11.0 Å². The molecule has 0 aliphatic carbocycles. The van der Waals surface area contributed by atoms with Gasteiger partial charge in [-0.25, -0.2) is 0 Å². The molecule has 0 saturated heterocycles. The van der Waals surface area contributed by atoms with Gasteiger partial charge in [0.15, 0.2) is 0 Å². The number of amides is 1. The fourth-order valence-electron chi connectivity index (χ4n) is 1.93. The Balaban J connectivity index is 2.39. The van der Waals surface area contributed by atoms with Gasteiger partial charge in [0.2, 0.25) is 0 Å². The molecule has 4 nitrogen and oxygen atoms in total. The van der Waals surface area contributed by atoms with Crippen LogP contribution in [0.25, 0.3) is 0 Å². The second-order valence-corrected chi connectivity index (χ2v) is 4.70. The lowest BCUT2D eigenvalue weighted by atomic mass is 10.1. The Labute approximate surface area is 114 Å². The standard InChI is InChI=1S/C12H11Cl2NO3/c1-18-6-2-5-15-10-8(14)4-3-7(13)9(10)11(16)12(15)17/h3-4H,2,5-6H2,1H3. The number of ether oxygens (including phenoxy) is 1. The Hall–Kier alpha value is -1.10. The van der Waals surface area contributed by atoms with Crippen LogP contribution in [-0.2, 0) is 9.53 Å². The van der Waals surface area contributed by atoms with Gasteiger partial charge in [0.25, 0.3) is 11.7 Å². The van der Waals surface area contributed by atoms with Gasteiger partial charge in [0.1, 0.15) is 0 Å². The molecule has 0 radical (unpaired) electrons. The number of methoxy groups -OCH3 is 1. The van der Waals surface area contributed by atoms with E-state index in [0.717, 1.165) is 0 Å². The second kappa shape index (κ2) is 5.26. The number of carbonyl (C=O) groups excluding carboxylic acids is 2. The number of benzene rings is 1. The SMILES string of the molecule is COCCCN1C(=O)C(=O)c2c(Cl)ccc(Cl)c21. The summed E-state index contributed by atoms with van der Waals surface area (Å²) in [5, 5.41) is 0.605. The maximum absolute atomic E-state index is 11.9. The fourth-order valence-corrected chi connectivity index (χ4v) is 2.43. The molecule has 0 saturated carbocycles. The zero-order valence-corrected chi connectivity index (χ0v) is 11.2. The molecular weight excluding hydrogens is 277 g/mol. The van der Waals surface area contributed by atoms with E-state index >= 15 is 0 Å². The number of fused-ring (bicyclic) bond motifs is 1. The third-order valence-corrected chi connectivity index (χ3v) is 3.36. The van der Waals surface area contributed by atoms with E-state index in [1.807, 2.05) is 0 Å². The van der Waals surface area contributed by atoms with Gasteiger partial charge in [-0.15, -0.1) is 0 Å². The molecule has 18 heavy (non-hydrogen) atoms. The highest BCUT2D eigenvalue weighted by molar-refractivity contribution is 6.56. The maximum Gasteiger partial charge on any atom is 0.299 e. The van der Waals surface area contributed by atoms with Gasteiger partial charge in [-0.3, -0.25) is 9.59 Å². The summed E-state index contributed by atoms with van der Waals surface area (Å²) < 4.78 is 4.92. The summed E-state index contributed by atoms with van der Waals surface area (Å²) in [7, 11) is 1.58. The predicted octanol–water partition coefficient (Wildman–Crippen LogP) is 2.56. The number of rotatable bonds is 4. The van der Waals surface area contributed by atoms with Gasteiger partial charge in [-0.2, -0.15) is 0 Å². The lowest BCUT2D eigenvalue weighted by Crippen LogP contribution is -2.31. The van der Waals surface area contributed by atoms with Crippen molar-refractivity contribution in [3.05, 3.63) is 27.7 Å². The molecule has 0 unspecified atom stereocenters. The predicted molar refractivity (Wildman–Crippen MR) is 69.6 cm³/mol. The molecule has 0 spiro atoms. The number of hydrogen-bond donors (Lipinski definition) is 0. The minimum absolute atomic E-state index is 0.201. The monoisotopic (exact) mass is 287 g/mol. The number of halogens is 2. The van der Waals surface area contributed by atoms with Crippen molar-refractivity contribution in [3.8, 4) is 0 Å². The molecule has 1 aromatic rings. The van der Waals surface area contributed by atoms with Crippen molar-refractivity contribution >= 4 is 40.6 Å². The highest BCUT2D eigenvalue weighted by atomic mass is 35.5.